The molecular weight excluding hydrogens is 448 g/mol. The lowest BCUT2D eigenvalue weighted by Gasteiger charge is -2.20. The molecule has 2 atom stereocenters. The molecule has 0 saturated carbocycles. The van der Waals surface area contributed by atoms with E-state index in [-0.39, 0.29) is 16.8 Å². The van der Waals surface area contributed by atoms with Crippen molar-refractivity contribution in [1.29, 1.82) is 0 Å². The number of carbonyl (C=O) groups excluding carboxylic acids is 5. The average Bonchev–Trinajstić information content (AvgIpc) is 3.19. The molecule has 0 unspecified atom stereocenters. The predicted octanol–water partition coefficient (Wildman–Crippen LogP) is 3.10. The van der Waals surface area contributed by atoms with E-state index in [1.54, 1.807) is 54.6 Å². The SMILES string of the molecule is NC(=O)c1ccccc1NC(=O)C(=O)[C@H](C(=O)/C=C/c1ccccc1)[C@H]1OC(=O)c2ccccc21. The van der Waals surface area contributed by atoms with E-state index in [2.05, 4.69) is 5.32 Å². The fourth-order valence-corrected chi connectivity index (χ4v) is 3.82. The Balaban J connectivity index is 1.68. The number of carbonyl (C=O) groups is 5. The predicted molar refractivity (Wildman–Crippen MR) is 127 cm³/mol. The Morgan fingerprint density at radius 1 is 0.886 bits per heavy atom. The van der Waals surface area contributed by atoms with Crippen LogP contribution >= 0.6 is 0 Å². The molecule has 174 valence electrons. The van der Waals surface area contributed by atoms with Gasteiger partial charge in [-0.05, 0) is 29.8 Å². The standard InChI is InChI=1S/C27H20N2O6/c28-25(32)19-12-6-7-13-20(19)29-26(33)23(31)22(21(30)15-14-16-8-2-1-3-9-16)24-17-10-4-5-11-18(17)27(34)35-24/h1-15,22,24H,(H2,28,32)(H,29,33)/b15-14+/t22-,24-/m0/s1. The van der Waals surface area contributed by atoms with E-state index in [1.807, 2.05) is 6.07 Å². The van der Waals surface area contributed by atoms with Gasteiger partial charge in [-0.2, -0.15) is 0 Å². The van der Waals surface area contributed by atoms with E-state index in [4.69, 9.17) is 10.5 Å². The molecule has 4 rings (SSSR count). The van der Waals surface area contributed by atoms with Gasteiger partial charge in [-0.1, -0.05) is 66.7 Å². The molecule has 1 heterocycles. The first kappa shape index (κ1) is 23.3. The first-order valence-corrected chi connectivity index (χ1v) is 10.7. The fourth-order valence-electron chi connectivity index (χ4n) is 3.82. The van der Waals surface area contributed by atoms with Gasteiger partial charge in [-0.15, -0.1) is 0 Å². The second-order valence-corrected chi connectivity index (χ2v) is 7.77. The lowest BCUT2D eigenvalue weighted by atomic mass is 9.86. The third-order valence-corrected chi connectivity index (χ3v) is 5.52. The number of amides is 2. The summed E-state index contributed by atoms with van der Waals surface area (Å²) in [7, 11) is 0. The quantitative estimate of drug-likeness (QED) is 0.226. The lowest BCUT2D eigenvalue weighted by molar-refractivity contribution is -0.143. The zero-order valence-corrected chi connectivity index (χ0v) is 18.3. The number of ketones is 2. The minimum atomic E-state index is -1.64. The Kier molecular flexibility index (Phi) is 6.64. The molecule has 0 bridgehead atoms. The molecule has 0 spiro atoms. The number of hydrogen-bond donors (Lipinski definition) is 2. The van der Waals surface area contributed by atoms with Crippen molar-refractivity contribution in [1.82, 2.24) is 0 Å². The summed E-state index contributed by atoms with van der Waals surface area (Å²) in [6, 6.07) is 21.2. The summed E-state index contributed by atoms with van der Waals surface area (Å²) in [5.74, 6) is -6.12. The highest BCUT2D eigenvalue weighted by molar-refractivity contribution is 6.45. The number of nitrogens with two attached hydrogens (primary N) is 1. The number of Topliss-reactive ketones (excluding diaryl/α,β-unsaturated/α-hetero) is 1. The third-order valence-electron chi connectivity index (χ3n) is 5.52. The molecule has 0 aromatic heterocycles. The van der Waals surface area contributed by atoms with Crippen molar-refractivity contribution in [2.24, 2.45) is 11.7 Å². The monoisotopic (exact) mass is 468 g/mol. The Morgan fingerprint density at radius 2 is 1.54 bits per heavy atom. The highest BCUT2D eigenvalue weighted by Gasteiger charge is 2.45. The van der Waals surface area contributed by atoms with E-state index in [9.17, 15) is 24.0 Å². The van der Waals surface area contributed by atoms with Crippen LogP contribution < -0.4 is 11.1 Å². The van der Waals surface area contributed by atoms with Crippen LogP contribution in [0.5, 0.6) is 0 Å². The molecule has 3 aromatic rings. The number of allylic oxidation sites excluding steroid dienone is 1. The summed E-state index contributed by atoms with van der Waals surface area (Å²) < 4.78 is 5.38. The first-order valence-electron chi connectivity index (χ1n) is 10.7. The molecule has 2 amide bonds. The van der Waals surface area contributed by atoms with E-state index < -0.39 is 41.4 Å². The van der Waals surface area contributed by atoms with E-state index >= 15 is 0 Å². The van der Waals surface area contributed by atoms with Crippen LogP contribution in [0, 0.1) is 5.92 Å². The van der Waals surface area contributed by atoms with Gasteiger partial charge < -0.3 is 15.8 Å². The average molecular weight is 468 g/mol. The van der Waals surface area contributed by atoms with Crippen molar-refractivity contribution in [3.8, 4) is 0 Å². The minimum absolute atomic E-state index is 0.00172. The van der Waals surface area contributed by atoms with Gasteiger partial charge in [-0.25, -0.2) is 4.79 Å². The zero-order valence-electron chi connectivity index (χ0n) is 18.3. The van der Waals surface area contributed by atoms with Crippen LogP contribution in [0.25, 0.3) is 6.08 Å². The number of primary amides is 1. The van der Waals surface area contributed by atoms with Gasteiger partial charge >= 0.3 is 5.97 Å². The molecule has 1 aliphatic rings. The molecule has 0 aliphatic carbocycles. The highest BCUT2D eigenvalue weighted by atomic mass is 16.5. The summed E-state index contributed by atoms with van der Waals surface area (Å²) in [4.78, 5) is 63.5. The number of rotatable bonds is 8. The van der Waals surface area contributed by atoms with Gasteiger partial charge in [0, 0.05) is 5.56 Å². The van der Waals surface area contributed by atoms with Crippen LogP contribution in [0.2, 0.25) is 0 Å². The van der Waals surface area contributed by atoms with E-state index in [0.29, 0.717) is 11.1 Å². The van der Waals surface area contributed by atoms with Gasteiger partial charge in [0.2, 0.25) is 5.78 Å². The Bertz CT molecular complexity index is 1360. The molecule has 0 radical (unpaired) electrons. The van der Waals surface area contributed by atoms with Crippen LogP contribution in [0.4, 0.5) is 5.69 Å². The van der Waals surface area contributed by atoms with Crippen molar-refractivity contribution in [2.75, 3.05) is 5.32 Å². The first-order chi connectivity index (χ1) is 16.9. The van der Waals surface area contributed by atoms with Crippen molar-refractivity contribution in [2.45, 2.75) is 6.10 Å². The second-order valence-electron chi connectivity index (χ2n) is 7.77. The van der Waals surface area contributed by atoms with Crippen molar-refractivity contribution in [3.63, 3.8) is 0 Å². The molecule has 0 fully saturated rings. The van der Waals surface area contributed by atoms with E-state index in [1.165, 1.54) is 30.4 Å². The minimum Gasteiger partial charge on any atom is -0.453 e. The van der Waals surface area contributed by atoms with Gasteiger partial charge in [0.25, 0.3) is 11.8 Å². The summed E-state index contributed by atoms with van der Waals surface area (Å²) in [6.45, 7) is 0. The molecular formula is C27H20N2O6. The third kappa shape index (κ3) is 4.91. The number of nitrogens with one attached hydrogen (secondary N) is 1. The normalized spacial score (nSPS) is 15.2. The topological polar surface area (TPSA) is 133 Å². The van der Waals surface area contributed by atoms with Crippen molar-refractivity contribution in [3.05, 3.63) is 107 Å². The number of hydrogen-bond acceptors (Lipinski definition) is 6. The number of esters is 1. The van der Waals surface area contributed by atoms with E-state index in [0.717, 1.165) is 0 Å². The molecule has 3 N–H and O–H groups in total. The smallest absolute Gasteiger partial charge is 0.339 e. The molecule has 8 heteroatoms. The molecule has 8 nitrogen and oxygen atoms in total. The fraction of sp³-hybridized carbons (Fsp3) is 0.0741. The number of cyclic esters (lactones) is 1. The zero-order chi connectivity index (χ0) is 24.9. The van der Waals surface area contributed by atoms with Crippen LogP contribution in [0.3, 0.4) is 0 Å². The van der Waals surface area contributed by atoms with Crippen LogP contribution in [0.15, 0.2) is 84.9 Å². The highest BCUT2D eigenvalue weighted by Crippen LogP contribution is 2.37. The molecule has 3 aromatic carbocycles. The largest absolute Gasteiger partial charge is 0.453 e. The summed E-state index contributed by atoms with van der Waals surface area (Å²) in [6.07, 6.45) is 1.40. The maximum atomic E-state index is 13.3. The Hall–Kier alpha value is -4.85. The van der Waals surface area contributed by atoms with Gasteiger partial charge in [0.15, 0.2) is 5.78 Å². The molecule has 1 aliphatic heterocycles. The Morgan fingerprint density at radius 3 is 2.29 bits per heavy atom. The van der Waals surface area contributed by atoms with Crippen LogP contribution in [-0.4, -0.2) is 29.4 Å². The lowest BCUT2D eigenvalue weighted by Crippen LogP contribution is -2.37. The Labute approximate surface area is 200 Å². The van der Waals surface area contributed by atoms with Crippen molar-refractivity contribution < 1.29 is 28.7 Å². The number of para-hydroxylation sites is 1. The summed E-state index contributed by atoms with van der Waals surface area (Å²) in [5.41, 5.74) is 6.62. The van der Waals surface area contributed by atoms with Gasteiger partial charge in [0.1, 0.15) is 12.0 Å². The van der Waals surface area contributed by atoms with Crippen molar-refractivity contribution >= 4 is 41.1 Å². The number of anilines is 1. The van der Waals surface area contributed by atoms with Crippen LogP contribution in [0.1, 0.15) is 37.9 Å². The van der Waals surface area contributed by atoms with Gasteiger partial charge in [-0.3, -0.25) is 19.2 Å². The number of fused-ring (bicyclic) bond motifs is 1. The number of ether oxygens (including phenoxy) is 1. The molecule has 0 saturated heterocycles. The van der Waals surface area contributed by atoms with Gasteiger partial charge in [0.05, 0.1) is 16.8 Å². The maximum absolute atomic E-state index is 13.3. The number of benzene rings is 3. The molecule has 35 heavy (non-hydrogen) atoms. The second kappa shape index (κ2) is 9.96. The maximum Gasteiger partial charge on any atom is 0.339 e. The summed E-state index contributed by atoms with van der Waals surface area (Å²) in [5, 5.41) is 2.35. The van der Waals surface area contributed by atoms with Crippen LogP contribution in [-0.2, 0) is 19.1 Å². The summed E-state index contributed by atoms with van der Waals surface area (Å²) >= 11 is 0.